The van der Waals surface area contributed by atoms with Crippen LogP contribution in [-0.4, -0.2) is 55.0 Å². The van der Waals surface area contributed by atoms with Gasteiger partial charge in [-0.25, -0.2) is 9.69 Å². The number of hydrogen-bond acceptors (Lipinski definition) is 9. The number of esters is 1. The second-order valence-electron chi connectivity index (χ2n) is 9.50. The Hall–Kier alpha value is -4.48. The Morgan fingerprint density at radius 1 is 1.18 bits per heavy atom. The number of fused-ring (bicyclic) bond motifs is 4. The molecular formula is C26H26N4O8. The molecule has 3 aliphatic heterocycles. The molecule has 0 radical (unpaired) electrons. The molecule has 198 valence electrons. The van der Waals surface area contributed by atoms with E-state index in [2.05, 4.69) is 5.32 Å². The number of nitro groups is 1. The fourth-order valence-electron chi connectivity index (χ4n) is 5.79. The van der Waals surface area contributed by atoms with Gasteiger partial charge in [0, 0.05) is 30.8 Å². The van der Waals surface area contributed by atoms with Crippen LogP contribution in [0, 0.1) is 21.4 Å². The quantitative estimate of drug-likeness (QED) is 0.271. The van der Waals surface area contributed by atoms with Crippen molar-refractivity contribution in [2.24, 2.45) is 11.3 Å². The van der Waals surface area contributed by atoms with Gasteiger partial charge in [-0.05, 0) is 55.7 Å². The molecule has 5 rings (SSSR count). The van der Waals surface area contributed by atoms with E-state index >= 15 is 0 Å². The molecule has 0 unspecified atom stereocenters. The molecule has 3 aliphatic rings. The van der Waals surface area contributed by atoms with Gasteiger partial charge >= 0.3 is 12.0 Å². The summed E-state index contributed by atoms with van der Waals surface area (Å²) in [6.45, 7) is 2.22. The van der Waals surface area contributed by atoms with Crippen LogP contribution in [0.25, 0.3) is 0 Å². The van der Waals surface area contributed by atoms with Gasteiger partial charge in [0.05, 0.1) is 36.3 Å². The van der Waals surface area contributed by atoms with Gasteiger partial charge in [0.25, 0.3) is 11.6 Å². The van der Waals surface area contributed by atoms with Gasteiger partial charge < -0.3 is 14.4 Å². The normalized spacial score (nSPS) is 24.4. The summed E-state index contributed by atoms with van der Waals surface area (Å²) in [5, 5.41) is 13.8. The van der Waals surface area contributed by atoms with Crippen molar-refractivity contribution in [1.82, 2.24) is 5.32 Å². The van der Waals surface area contributed by atoms with Gasteiger partial charge in [-0.3, -0.25) is 29.8 Å². The van der Waals surface area contributed by atoms with Gasteiger partial charge in [0.2, 0.25) is 5.91 Å². The predicted octanol–water partition coefficient (Wildman–Crippen LogP) is 2.58. The molecule has 4 amide bonds. The molecule has 12 nitrogen and oxygen atoms in total. The van der Waals surface area contributed by atoms with Crippen molar-refractivity contribution in [3.05, 3.63) is 58.1 Å². The summed E-state index contributed by atoms with van der Waals surface area (Å²) >= 11 is 0. The summed E-state index contributed by atoms with van der Waals surface area (Å²) in [5.41, 5.74) is -0.666. The molecule has 0 aliphatic carbocycles. The average molecular weight is 523 g/mol. The fourth-order valence-corrected chi connectivity index (χ4v) is 5.79. The van der Waals surface area contributed by atoms with Gasteiger partial charge in [0.1, 0.15) is 5.75 Å². The van der Waals surface area contributed by atoms with Crippen LogP contribution in [0.15, 0.2) is 42.5 Å². The zero-order valence-electron chi connectivity index (χ0n) is 20.8. The van der Waals surface area contributed by atoms with Crippen molar-refractivity contribution in [2.45, 2.75) is 32.2 Å². The minimum atomic E-state index is -1.82. The molecule has 3 heterocycles. The monoisotopic (exact) mass is 522 g/mol. The van der Waals surface area contributed by atoms with Crippen LogP contribution >= 0.6 is 0 Å². The molecule has 3 atom stereocenters. The lowest BCUT2D eigenvalue weighted by Crippen LogP contribution is -2.73. The lowest BCUT2D eigenvalue weighted by atomic mass is 9.64. The number of nitrogens with one attached hydrogen (secondary N) is 1. The van der Waals surface area contributed by atoms with Crippen LogP contribution in [0.5, 0.6) is 5.75 Å². The van der Waals surface area contributed by atoms with Crippen LogP contribution in [0.1, 0.15) is 25.3 Å². The van der Waals surface area contributed by atoms with Gasteiger partial charge in [0.15, 0.2) is 5.41 Å². The number of methoxy groups -OCH3 is 1. The van der Waals surface area contributed by atoms with Crippen molar-refractivity contribution in [3.63, 3.8) is 0 Å². The zero-order chi connectivity index (χ0) is 27.2. The maximum atomic E-state index is 14.3. The predicted molar refractivity (Wildman–Crippen MR) is 134 cm³/mol. The van der Waals surface area contributed by atoms with E-state index in [0.29, 0.717) is 30.0 Å². The topological polar surface area (TPSA) is 148 Å². The number of benzene rings is 2. The first-order chi connectivity index (χ1) is 18.2. The van der Waals surface area contributed by atoms with E-state index in [-0.39, 0.29) is 30.8 Å². The highest BCUT2D eigenvalue weighted by atomic mass is 16.6. The fraction of sp³-hybridized carbons (Fsp3) is 0.385. The summed E-state index contributed by atoms with van der Waals surface area (Å²) in [7, 11) is 1.48. The SMILES string of the molecule is CCOC(=O)[C@@H]1CCN2c3ccc([N+](=O)[O-])cc3C[C@@]3(C(=O)NC(=O)N(c4ccc(OC)cc4)C3=O)[C@@H]2C1. The number of carbonyl (C=O) groups excluding carboxylic acids is 4. The van der Waals surface area contributed by atoms with Gasteiger partial charge in [-0.1, -0.05) is 0 Å². The summed E-state index contributed by atoms with van der Waals surface area (Å²) in [5.74, 6) is -2.01. The number of nitrogens with zero attached hydrogens (tertiary/aromatic N) is 3. The van der Waals surface area contributed by atoms with Crippen molar-refractivity contribution in [1.29, 1.82) is 0 Å². The molecule has 2 aromatic rings. The van der Waals surface area contributed by atoms with Crippen molar-refractivity contribution in [3.8, 4) is 5.75 Å². The first kappa shape index (κ1) is 25.2. The van der Waals surface area contributed by atoms with Crippen molar-refractivity contribution < 1.29 is 33.6 Å². The third-order valence-corrected chi connectivity index (χ3v) is 7.59. The third-order valence-electron chi connectivity index (χ3n) is 7.59. The summed E-state index contributed by atoms with van der Waals surface area (Å²) < 4.78 is 10.4. The largest absolute Gasteiger partial charge is 0.497 e. The van der Waals surface area contributed by atoms with E-state index in [9.17, 15) is 29.3 Å². The standard InChI is InChI=1S/C26H26N4O8/c1-3-38-22(31)15-10-11-28-20-9-6-18(30(35)36)12-16(20)14-26(21(28)13-15)23(32)27-25(34)29(24(26)33)17-4-7-19(37-2)8-5-17/h4-9,12,15,21H,3,10-11,13-14H2,1-2H3,(H,27,32,34)/t15-,21+,26+/m1/s1. The minimum Gasteiger partial charge on any atom is -0.497 e. The number of anilines is 2. The number of carbonyl (C=O) groups is 4. The molecule has 12 heteroatoms. The maximum absolute atomic E-state index is 14.3. The highest BCUT2D eigenvalue weighted by Crippen LogP contribution is 2.49. The van der Waals surface area contributed by atoms with Crippen LogP contribution < -0.4 is 19.9 Å². The van der Waals surface area contributed by atoms with Crippen LogP contribution in [-0.2, 0) is 25.5 Å². The Balaban J connectivity index is 1.64. The Labute approximate surface area is 217 Å². The molecule has 2 saturated heterocycles. The first-order valence-corrected chi connectivity index (χ1v) is 12.3. The number of barbiturate groups is 1. The molecule has 1 N–H and O–H groups in total. The Morgan fingerprint density at radius 2 is 1.92 bits per heavy atom. The highest BCUT2D eigenvalue weighted by Gasteiger charge is 2.63. The number of amides is 4. The number of piperidine rings is 1. The number of urea groups is 1. The lowest BCUT2D eigenvalue weighted by molar-refractivity contribution is -0.384. The summed E-state index contributed by atoms with van der Waals surface area (Å²) in [6.07, 6.45) is 0.378. The van der Waals surface area contributed by atoms with Gasteiger partial charge in [-0.15, -0.1) is 0 Å². The maximum Gasteiger partial charge on any atom is 0.335 e. The van der Waals surface area contributed by atoms with E-state index in [4.69, 9.17) is 9.47 Å². The Kier molecular flexibility index (Phi) is 6.25. The molecule has 0 bridgehead atoms. The van der Waals surface area contributed by atoms with Crippen LogP contribution in [0.2, 0.25) is 0 Å². The zero-order valence-corrected chi connectivity index (χ0v) is 20.8. The number of non-ortho nitro benzene ring substituents is 1. The molecular weight excluding hydrogens is 496 g/mol. The number of hydrogen-bond donors (Lipinski definition) is 1. The molecule has 2 aromatic carbocycles. The molecule has 38 heavy (non-hydrogen) atoms. The van der Waals surface area contributed by atoms with Crippen molar-refractivity contribution in [2.75, 3.05) is 30.1 Å². The number of imide groups is 2. The van der Waals surface area contributed by atoms with E-state index in [1.807, 2.05) is 4.90 Å². The van der Waals surface area contributed by atoms with Crippen molar-refractivity contribution >= 4 is 40.9 Å². The number of nitro benzene ring substituents is 1. The van der Waals surface area contributed by atoms with E-state index in [1.54, 1.807) is 25.1 Å². The van der Waals surface area contributed by atoms with E-state index < -0.39 is 46.1 Å². The Bertz CT molecular complexity index is 1340. The highest BCUT2D eigenvalue weighted by molar-refractivity contribution is 6.30. The second kappa shape index (κ2) is 9.43. The first-order valence-electron chi connectivity index (χ1n) is 12.3. The molecule has 0 aromatic heterocycles. The van der Waals surface area contributed by atoms with Crippen LogP contribution in [0.4, 0.5) is 21.9 Å². The molecule has 1 spiro atoms. The smallest absolute Gasteiger partial charge is 0.335 e. The van der Waals surface area contributed by atoms with Gasteiger partial charge in [-0.2, -0.15) is 0 Å². The molecule has 2 fully saturated rings. The van der Waals surface area contributed by atoms with E-state index in [0.717, 1.165) is 4.90 Å². The summed E-state index contributed by atoms with van der Waals surface area (Å²) in [6, 6.07) is 8.88. The molecule has 0 saturated carbocycles. The van der Waals surface area contributed by atoms with Crippen LogP contribution in [0.3, 0.4) is 0 Å². The summed E-state index contributed by atoms with van der Waals surface area (Å²) in [4.78, 5) is 67.4. The average Bonchev–Trinajstić information content (AvgIpc) is 2.91. The Morgan fingerprint density at radius 3 is 2.58 bits per heavy atom. The van der Waals surface area contributed by atoms with E-state index in [1.165, 1.54) is 31.4 Å². The number of ether oxygens (including phenoxy) is 2. The second-order valence-corrected chi connectivity index (χ2v) is 9.50. The lowest BCUT2D eigenvalue weighted by Gasteiger charge is -2.54. The number of rotatable bonds is 5. The minimum absolute atomic E-state index is 0.138. The third kappa shape index (κ3) is 3.83.